The van der Waals surface area contributed by atoms with Crippen molar-refractivity contribution < 1.29 is 4.39 Å². The van der Waals surface area contributed by atoms with Gasteiger partial charge in [0, 0.05) is 17.2 Å². The van der Waals surface area contributed by atoms with E-state index in [0.29, 0.717) is 0 Å². The summed E-state index contributed by atoms with van der Waals surface area (Å²) >= 11 is 3.35. The fourth-order valence-corrected chi connectivity index (χ4v) is 1.85. The normalized spacial score (nSPS) is 10.6. The molecule has 94 valence electrons. The molecule has 1 aromatic carbocycles. The molecule has 18 heavy (non-hydrogen) atoms. The molecule has 0 saturated carbocycles. The second-order valence-corrected chi connectivity index (χ2v) is 4.94. The van der Waals surface area contributed by atoms with Crippen molar-refractivity contribution >= 4 is 15.9 Å². The molecule has 0 bridgehead atoms. The minimum atomic E-state index is -0.189. The van der Waals surface area contributed by atoms with Gasteiger partial charge in [0.15, 0.2) is 0 Å². The second-order valence-electron chi connectivity index (χ2n) is 4.02. The Bertz CT molecular complexity index is 435. The smallest absolute Gasteiger partial charge is 0.123 e. The highest BCUT2D eigenvalue weighted by Gasteiger charge is 1.96. The van der Waals surface area contributed by atoms with Crippen molar-refractivity contribution in [3.8, 4) is 0 Å². The van der Waals surface area contributed by atoms with Crippen LogP contribution < -0.4 is 5.32 Å². The molecular weight excluding hydrogens is 295 g/mol. The second kappa shape index (κ2) is 6.61. The van der Waals surface area contributed by atoms with Crippen molar-refractivity contribution in [1.82, 2.24) is 10.3 Å². The predicted molar refractivity (Wildman–Crippen MR) is 73.7 cm³/mol. The van der Waals surface area contributed by atoms with Gasteiger partial charge in [-0.1, -0.05) is 12.1 Å². The maximum atomic E-state index is 12.7. The molecule has 0 aliphatic rings. The third kappa shape index (κ3) is 4.20. The van der Waals surface area contributed by atoms with E-state index in [4.69, 9.17) is 0 Å². The molecular formula is C14H14BrFN2. The Morgan fingerprint density at radius 2 is 1.89 bits per heavy atom. The number of halogens is 2. The summed E-state index contributed by atoms with van der Waals surface area (Å²) in [5.74, 6) is -0.189. The summed E-state index contributed by atoms with van der Waals surface area (Å²) in [6, 6.07) is 10.6. The molecule has 0 radical (unpaired) electrons. The molecule has 1 heterocycles. The lowest BCUT2D eigenvalue weighted by atomic mass is 10.1. The first-order valence-corrected chi connectivity index (χ1v) is 6.59. The van der Waals surface area contributed by atoms with Gasteiger partial charge in [0.25, 0.3) is 0 Å². The highest BCUT2D eigenvalue weighted by molar-refractivity contribution is 9.10. The van der Waals surface area contributed by atoms with Gasteiger partial charge in [-0.05, 0) is 58.7 Å². The third-order valence-electron chi connectivity index (χ3n) is 2.60. The Kier molecular flexibility index (Phi) is 4.84. The first-order valence-electron chi connectivity index (χ1n) is 5.79. The van der Waals surface area contributed by atoms with Crippen molar-refractivity contribution in [2.45, 2.75) is 13.0 Å². The maximum absolute atomic E-state index is 12.7. The van der Waals surface area contributed by atoms with E-state index in [1.54, 1.807) is 6.20 Å². The predicted octanol–water partition coefficient (Wildman–Crippen LogP) is 3.32. The van der Waals surface area contributed by atoms with E-state index < -0.39 is 0 Å². The van der Waals surface area contributed by atoms with E-state index >= 15 is 0 Å². The SMILES string of the molecule is Fc1ccc(CCNCc2ccc(Br)cn2)cc1. The summed E-state index contributed by atoms with van der Waals surface area (Å²) in [7, 11) is 0. The fraction of sp³-hybridized carbons (Fsp3) is 0.214. The van der Waals surface area contributed by atoms with E-state index in [0.717, 1.165) is 35.2 Å². The minimum absolute atomic E-state index is 0.189. The van der Waals surface area contributed by atoms with Crippen molar-refractivity contribution in [2.24, 2.45) is 0 Å². The highest BCUT2D eigenvalue weighted by atomic mass is 79.9. The van der Waals surface area contributed by atoms with Crippen LogP contribution in [0.15, 0.2) is 47.1 Å². The zero-order chi connectivity index (χ0) is 12.8. The summed E-state index contributed by atoms with van der Waals surface area (Å²) < 4.78 is 13.7. The average Bonchev–Trinajstić information content (AvgIpc) is 2.39. The van der Waals surface area contributed by atoms with E-state index in [-0.39, 0.29) is 5.82 Å². The van der Waals surface area contributed by atoms with Crippen LogP contribution in [0.25, 0.3) is 0 Å². The van der Waals surface area contributed by atoms with Crippen LogP contribution in [0.5, 0.6) is 0 Å². The Morgan fingerprint density at radius 3 is 2.56 bits per heavy atom. The molecule has 0 aliphatic heterocycles. The van der Waals surface area contributed by atoms with Crippen LogP contribution in [0.4, 0.5) is 4.39 Å². The van der Waals surface area contributed by atoms with Gasteiger partial charge in [-0.15, -0.1) is 0 Å². The molecule has 0 atom stereocenters. The monoisotopic (exact) mass is 308 g/mol. The molecule has 2 nitrogen and oxygen atoms in total. The largest absolute Gasteiger partial charge is 0.311 e. The van der Waals surface area contributed by atoms with Gasteiger partial charge >= 0.3 is 0 Å². The van der Waals surface area contributed by atoms with Crippen LogP contribution in [0.3, 0.4) is 0 Å². The lowest BCUT2D eigenvalue weighted by Gasteiger charge is -2.04. The number of pyridine rings is 1. The minimum Gasteiger partial charge on any atom is -0.311 e. The van der Waals surface area contributed by atoms with Gasteiger partial charge in [0.2, 0.25) is 0 Å². The van der Waals surface area contributed by atoms with Crippen molar-refractivity contribution in [1.29, 1.82) is 0 Å². The van der Waals surface area contributed by atoms with Crippen LogP contribution in [-0.2, 0) is 13.0 Å². The molecule has 4 heteroatoms. The lowest BCUT2D eigenvalue weighted by Crippen LogP contribution is -2.17. The highest BCUT2D eigenvalue weighted by Crippen LogP contribution is 2.07. The molecule has 0 fully saturated rings. The molecule has 2 rings (SSSR count). The van der Waals surface area contributed by atoms with Crippen LogP contribution in [-0.4, -0.2) is 11.5 Å². The van der Waals surface area contributed by atoms with Gasteiger partial charge < -0.3 is 5.32 Å². The molecule has 0 spiro atoms. The lowest BCUT2D eigenvalue weighted by molar-refractivity contribution is 0.625. The van der Waals surface area contributed by atoms with Crippen LogP contribution >= 0.6 is 15.9 Å². The van der Waals surface area contributed by atoms with Crippen molar-refractivity contribution in [3.05, 3.63) is 64.1 Å². The van der Waals surface area contributed by atoms with Gasteiger partial charge in [-0.25, -0.2) is 4.39 Å². The van der Waals surface area contributed by atoms with Gasteiger partial charge in [-0.3, -0.25) is 4.98 Å². The standard InChI is InChI=1S/C14H14BrFN2/c15-12-3-6-14(18-9-12)10-17-8-7-11-1-4-13(16)5-2-11/h1-6,9,17H,7-8,10H2. The molecule has 1 aromatic heterocycles. The summed E-state index contributed by atoms with van der Waals surface area (Å²) in [5.41, 5.74) is 2.14. The molecule has 0 unspecified atom stereocenters. The van der Waals surface area contributed by atoms with Gasteiger partial charge in [0.05, 0.1) is 5.69 Å². The Balaban J connectivity index is 1.73. The number of benzene rings is 1. The maximum Gasteiger partial charge on any atom is 0.123 e. The van der Waals surface area contributed by atoms with E-state index in [2.05, 4.69) is 26.2 Å². The first-order chi connectivity index (χ1) is 8.74. The van der Waals surface area contributed by atoms with E-state index in [9.17, 15) is 4.39 Å². The van der Waals surface area contributed by atoms with Crippen LogP contribution in [0, 0.1) is 5.82 Å². The number of nitrogens with one attached hydrogen (secondary N) is 1. The zero-order valence-corrected chi connectivity index (χ0v) is 11.5. The molecule has 0 saturated heterocycles. The Morgan fingerprint density at radius 1 is 1.11 bits per heavy atom. The molecule has 0 aliphatic carbocycles. The number of hydrogen-bond donors (Lipinski definition) is 1. The third-order valence-corrected chi connectivity index (χ3v) is 3.07. The summed E-state index contributed by atoms with van der Waals surface area (Å²) in [6.07, 6.45) is 2.67. The van der Waals surface area contributed by atoms with Crippen molar-refractivity contribution in [2.75, 3.05) is 6.54 Å². The number of hydrogen-bond acceptors (Lipinski definition) is 2. The number of rotatable bonds is 5. The van der Waals surface area contributed by atoms with Crippen molar-refractivity contribution in [3.63, 3.8) is 0 Å². The quantitative estimate of drug-likeness (QED) is 0.857. The number of nitrogens with zero attached hydrogens (tertiary/aromatic N) is 1. The average molecular weight is 309 g/mol. The Hall–Kier alpha value is -1.26. The van der Waals surface area contributed by atoms with Gasteiger partial charge in [0.1, 0.15) is 5.82 Å². The summed E-state index contributed by atoms with van der Waals surface area (Å²) in [4.78, 5) is 4.28. The first kappa shape index (κ1) is 13.2. The fourth-order valence-electron chi connectivity index (χ4n) is 1.61. The van der Waals surface area contributed by atoms with Crippen LogP contribution in [0.2, 0.25) is 0 Å². The van der Waals surface area contributed by atoms with E-state index in [1.165, 1.54) is 12.1 Å². The van der Waals surface area contributed by atoms with Gasteiger partial charge in [-0.2, -0.15) is 0 Å². The number of aromatic nitrogens is 1. The topological polar surface area (TPSA) is 24.9 Å². The summed E-state index contributed by atoms with van der Waals surface area (Å²) in [5, 5.41) is 3.31. The summed E-state index contributed by atoms with van der Waals surface area (Å²) in [6.45, 7) is 1.60. The van der Waals surface area contributed by atoms with E-state index in [1.807, 2.05) is 24.3 Å². The Labute approximate surface area is 114 Å². The molecule has 0 amide bonds. The van der Waals surface area contributed by atoms with Crippen LogP contribution in [0.1, 0.15) is 11.3 Å². The zero-order valence-electron chi connectivity index (χ0n) is 9.87. The molecule has 1 N–H and O–H groups in total. The molecule has 2 aromatic rings.